The molecule has 1 unspecified atom stereocenters. The Morgan fingerprint density at radius 3 is 2.88 bits per heavy atom. The molecule has 1 heterocycles. The molecule has 1 aromatic heterocycles. The first kappa shape index (κ1) is 11.9. The van der Waals surface area contributed by atoms with Gasteiger partial charge in [-0.25, -0.2) is 4.79 Å². The third-order valence-corrected chi connectivity index (χ3v) is 3.16. The van der Waals surface area contributed by atoms with Crippen molar-refractivity contribution in [3.8, 4) is 0 Å². The lowest BCUT2D eigenvalue weighted by molar-refractivity contribution is 0.159. The molecule has 6 heteroatoms. The average molecular weight is 238 g/mol. The van der Waals surface area contributed by atoms with E-state index < -0.39 is 5.54 Å². The number of anilines is 1. The predicted octanol–water partition coefficient (Wildman–Crippen LogP) is 0.703. The van der Waals surface area contributed by atoms with E-state index in [4.69, 9.17) is 0 Å². The Morgan fingerprint density at radius 2 is 2.41 bits per heavy atom. The maximum Gasteiger partial charge on any atom is 0.320 e. The van der Waals surface area contributed by atoms with Crippen molar-refractivity contribution in [2.45, 2.75) is 25.3 Å². The fourth-order valence-corrected chi connectivity index (χ4v) is 1.88. The summed E-state index contributed by atoms with van der Waals surface area (Å²) in [4.78, 5) is 11.7. The molecule has 6 nitrogen and oxygen atoms in total. The Morgan fingerprint density at radius 1 is 1.71 bits per heavy atom. The van der Waals surface area contributed by atoms with E-state index in [1.165, 1.54) is 0 Å². The number of carbonyl (C=O) groups is 1. The molecule has 1 aliphatic carbocycles. The Labute approximate surface area is 100 Å². The molecule has 0 aromatic carbocycles. The van der Waals surface area contributed by atoms with Gasteiger partial charge in [-0.05, 0) is 25.7 Å². The molecule has 1 fully saturated rings. The SMILES string of the molecule is Cn1ccc(NC(=O)NC(C)(CO)C2CC2)n1. The lowest BCUT2D eigenvalue weighted by atomic mass is 9.97. The van der Waals surface area contributed by atoms with E-state index in [1.807, 2.05) is 6.92 Å². The van der Waals surface area contributed by atoms with Gasteiger partial charge in [-0.2, -0.15) is 5.10 Å². The summed E-state index contributed by atoms with van der Waals surface area (Å²) in [6, 6.07) is 1.39. The summed E-state index contributed by atoms with van der Waals surface area (Å²) >= 11 is 0. The highest BCUT2D eigenvalue weighted by Gasteiger charge is 2.42. The predicted molar refractivity (Wildman–Crippen MR) is 63.6 cm³/mol. The van der Waals surface area contributed by atoms with Crippen LogP contribution in [0.25, 0.3) is 0 Å². The average Bonchev–Trinajstić information content (AvgIpc) is 3.04. The van der Waals surface area contributed by atoms with Crippen LogP contribution in [0, 0.1) is 5.92 Å². The highest BCUT2D eigenvalue weighted by atomic mass is 16.3. The van der Waals surface area contributed by atoms with E-state index in [1.54, 1.807) is 24.0 Å². The molecule has 0 radical (unpaired) electrons. The zero-order chi connectivity index (χ0) is 12.5. The first-order chi connectivity index (χ1) is 8.03. The summed E-state index contributed by atoms with van der Waals surface area (Å²) in [5.41, 5.74) is -0.529. The lowest BCUT2D eigenvalue weighted by Gasteiger charge is -2.28. The Balaban J connectivity index is 1.92. The van der Waals surface area contributed by atoms with Crippen molar-refractivity contribution in [2.24, 2.45) is 13.0 Å². The number of aliphatic hydroxyl groups is 1. The summed E-state index contributed by atoms with van der Waals surface area (Å²) in [7, 11) is 1.78. The van der Waals surface area contributed by atoms with Crippen LogP contribution in [0.3, 0.4) is 0 Å². The zero-order valence-electron chi connectivity index (χ0n) is 10.1. The lowest BCUT2D eigenvalue weighted by Crippen LogP contribution is -2.52. The minimum Gasteiger partial charge on any atom is -0.394 e. The van der Waals surface area contributed by atoms with E-state index in [0.29, 0.717) is 11.7 Å². The van der Waals surface area contributed by atoms with Gasteiger partial charge in [-0.15, -0.1) is 0 Å². The highest BCUT2D eigenvalue weighted by Crippen LogP contribution is 2.39. The number of rotatable bonds is 4. The van der Waals surface area contributed by atoms with Crippen LogP contribution in [-0.4, -0.2) is 33.1 Å². The third-order valence-electron chi connectivity index (χ3n) is 3.16. The van der Waals surface area contributed by atoms with Gasteiger partial charge in [0.1, 0.15) is 0 Å². The van der Waals surface area contributed by atoms with Gasteiger partial charge in [0.05, 0.1) is 12.1 Å². The van der Waals surface area contributed by atoms with Crippen LogP contribution < -0.4 is 10.6 Å². The highest BCUT2D eigenvalue weighted by molar-refractivity contribution is 5.88. The van der Waals surface area contributed by atoms with Crippen molar-refractivity contribution in [1.29, 1.82) is 0 Å². The van der Waals surface area contributed by atoms with Crippen LogP contribution in [0.5, 0.6) is 0 Å². The quantitative estimate of drug-likeness (QED) is 0.722. The normalized spacial score (nSPS) is 18.5. The van der Waals surface area contributed by atoms with Crippen molar-refractivity contribution in [3.05, 3.63) is 12.3 Å². The van der Waals surface area contributed by atoms with Crippen LogP contribution in [0.15, 0.2) is 12.3 Å². The van der Waals surface area contributed by atoms with E-state index in [9.17, 15) is 9.90 Å². The van der Waals surface area contributed by atoms with Gasteiger partial charge in [0.15, 0.2) is 5.82 Å². The van der Waals surface area contributed by atoms with Gasteiger partial charge in [0.2, 0.25) is 0 Å². The zero-order valence-corrected chi connectivity index (χ0v) is 10.1. The van der Waals surface area contributed by atoms with Crippen LogP contribution >= 0.6 is 0 Å². The van der Waals surface area contributed by atoms with E-state index in [-0.39, 0.29) is 12.6 Å². The monoisotopic (exact) mass is 238 g/mol. The van der Waals surface area contributed by atoms with E-state index in [0.717, 1.165) is 12.8 Å². The van der Waals surface area contributed by atoms with Crippen molar-refractivity contribution >= 4 is 11.8 Å². The second-order valence-electron chi connectivity index (χ2n) is 4.80. The number of amides is 2. The van der Waals surface area contributed by atoms with Gasteiger partial charge in [-0.1, -0.05) is 0 Å². The number of aryl methyl sites for hydroxylation is 1. The second kappa shape index (κ2) is 4.37. The first-order valence-corrected chi connectivity index (χ1v) is 5.73. The number of nitrogens with one attached hydrogen (secondary N) is 2. The molecule has 0 aliphatic heterocycles. The van der Waals surface area contributed by atoms with Crippen LogP contribution in [-0.2, 0) is 7.05 Å². The standard InChI is InChI=1S/C11H18N4O2/c1-11(7-16,8-3-4-8)13-10(17)12-9-5-6-15(2)14-9/h5-6,8,16H,3-4,7H2,1-2H3,(H2,12,13,14,17). The van der Waals surface area contributed by atoms with Crippen molar-refractivity contribution in [1.82, 2.24) is 15.1 Å². The number of nitrogens with zero attached hydrogens (tertiary/aromatic N) is 2. The first-order valence-electron chi connectivity index (χ1n) is 5.73. The Bertz CT molecular complexity index is 413. The molecule has 0 spiro atoms. The molecule has 94 valence electrons. The van der Waals surface area contributed by atoms with E-state index >= 15 is 0 Å². The second-order valence-corrected chi connectivity index (χ2v) is 4.80. The van der Waals surface area contributed by atoms with Crippen LogP contribution in [0.4, 0.5) is 10.6 Å². The molecule has 1 aliphatic rings. The van der Waals surface area contributed by atoms with Gasteiger partial charge in [0, 0.05) is 19.3 Å². The molecule has 1 aromatic rings. The smallest absolute Gasteiger partial charge is 0.320 e. The van der Waals surface area contributed by atoms with Crippen molar-refractivity contribution < 1.29 is 9.90 Å². The largest absolute Gasteiger partial charge is 0.394 e. The number of hydrogen-bond acceptors (Lipinski definition) is 3. The Kier molecular flexibility index (Phi) is 3.06. The molecule has 2 amide bonds. The third kappa shape index (κ3) is 2.76. The summed E-state index contributed by atoms with van der Waals surface area (Å²) in [5.74, 6) is 0.878. The molecule has 0 saturated heterocycles. The van der Waals surface area contributed by atoms with Crippen LogP contribution in [0.1, 0.15) is 19.8 Å². The maximum atomic E-state index is 11.7. The summed E-state index contributed by atoms with van der Waals surface area (Å²) < 4.78 is 1.61. The Hall–Kier alpha value is -1.56. The summed E-state index contributed by atoms with van der Waals surface area (Å²) in [6.45, 7) is 1.82. The summed E-state index contributed by atoms with van der Waals surface area (Å²) in [5, 5.41) is 18.9. The maximum absolute atomic E-state index is 11.7. The number of hydrogen-bond donors (Lipinski definition) is 3. The molecule has 1 saturated carbocycles. The molecule has 17 heavy (non-hydrogen) atoms. The van der Waals surface area contributed by atoms with Gasteiger partial charge < -0.3 is 10.4 Å². The van der Waals surface area contributed by atoms with Gasteiger partial charge >= 0.3 is 6.03 Å². The molecule has 2 rings (SSSR count). The minimum absolute atomic E-state index is 0.0483. The van der Waals surface area contributed by atoms with Gasteiger partial charge in [-0.3, -0.25) is 10.00 Å². The summed E-state index contributed by atoms with van der Waals surface area (Å²) in [6.07, 6.45) is 3.86. The fraction of sp³-hybridized carbons (Fsp3) is 0.636. The number of aromatic nitrogens is 2. The molecule has 0 bridgehead atoms. The fourth-order valence-electron chi connectivity index (χ4n) is 1.88. The number of urea groups is 1. The molecule has 3 N–H and O–H groups in total. The van der Waals surface area contributed by atoms with Crippen molar-refractivity contribution in [3.63, 3.8) is 0 Å². The number of carbonyl (C=O) groups excluding carboxylic acids is 1. The number of aliphatic hydroxyl groups excluding tert-OH is 1. The van der Waals surface area contributed by atoms with Gasteiger partial charge in [0.25, 0.3) is 0 Å². The van der Waals surface area contributed by atoms with E-state index in [2.05, 4.69) is 15.7 Å². The molecular weight excluding hydrogens is 220 g/mol. The topological polar surface area (TPSA) is 79.2 Å². The molecule has 1 atom stereocenters. The van der Waals surface area contributed by atoms with Crippen molar-refractivity contribution in [2.75, 3.05) is 11.9 Å². The van der Waals surface area contributed by atoms with Crippen LogP contribution in [0.2, 0.25) is 0 Å². The molecular formula is C11H18N4O2. The minimum atomic E-state index is -0.529.